The largest absolute Gasteiger partial charge is 0.497 e. The molecule has 0 saturated heterocycles. The van der Waals surface area contributed by atoms with E-state index in [9.17, 15) is 13.2 Å². The van der Waals surface area contributed by atoms with Gasteiger partial charge in [0.1, 0.15) is 12.3 Å². The molecule has 2 aromatic carbocycles. The summed E-state index contributed by atoms with van der Waals surface area (Å²) in [5.41, 5.74) is 3.09. The Morgan fingerprint density at radius 2 is 1.81 bits per heavy atom. The van der Waals surface area contributed by atoms with Gasteiger partial charge < -0.3 is 20.2 Å². The van der Waals surface area contributed by atoms with Crippen LogP contribution in [0.15, 0.2) is 78.0 Å². The third-order valence-electron chi connectivity index (χ3n) is 6.05. The lowest BCUT2D eigenvalue weighted by molar-refractivity contribution is -0.143. The van der Waals surface area contributed by atoms with Crippen molar-refractivity contribution < 1.29 is 22.7 Å². The molecule has 0 aliphatic carbocycles. The van der Waals surface area contributed by atoms with E-state index in [2.05, 4.69) is 4.98 Å². The molecular formula is C27H28N4O5S. The smallest absolute Gasteiger partial charge is 0.325 e. The molecule has 10 heteroatoms. The molecule has 0 bridgehead atoms. The molecule has 3 aromatic heterocycles. The quantitative estimate of drug-likeness (QED) is 0.301. The zero-order chi connectivity index (χ0) is 25.4. The number of carbonyl (C=O) groups is 1. The minimum Gasteiger partial charge on any atom is -0.497 e. The fourth-order valence-corrected chi connectivity index (χ4v) is 5.82. The Morgan fingerprint density at radius 3 is 2.51 bits per heavy atom. The molecule has 0 radical (unpaired) electrons. The molecule has 9 nitrogen and oxygen atoms in total. The first kappa shape index (κ1) is 25.9. The second kappa shape index (κ2) is 10.1. The summed E-state index contributed by atoms with van der Waals surface area (Å²) in [7, 11) is -2.43. The Bertz CT molecular complexity index is 1700. The van der Waals surface area contributed by atoms with Gasteiger partial charge in [-0.05, 0) is 62.4 Å². The fraction of sp³-hybridized carbons (Fsp3) is 0.185. The predicted molar refractivity (Wildman–Crippen MR) is 143 cm³/mol. The molecule has 192 valence electrons. The maximum atomic E-state index is 14.0. The summed E-state index contributed by atoms with van der Waals surface area (Å²) in [6, 6.07) is 17.6. The third-order valence-corrected chi connectivity index (χ3v) is 7.77. The Balaban J connectivity index is 0.00000320. The molecule has 0 spiro atoms. The summed E-state index contributed by atoms with van der Waals surface area (Å²) >= 11 is 0. The van der Waals surface area contributed by atoms with Crippen molar-refractivity contribution >= 4 is 37.9 Å². The van der Waals surface area contributed by atoms with Crippen LogP contribution in [0.3, 0.4) is 0 Å². The second-order valence-corrected chi connectivity index (χ2v) is 10.2. The van der Waals surface area contributed by atoms with Crippen molar-refractivity contribution in [2.24, 2.45) is 0 Å². The zero-order valence-corrected chi connectivity index (χ0v) is 21.7. The van der Waals surface area contributed by atoms with Gasteiger partial charge in [0.05, 0.1) is 24.3 Å². The van der Waals surface area contributed by atoms with Crippen LogP contribution in [0, 0.1) is 6.92 Å². The van der Waals surface area contributed by atoms with Crippen LogP contribution >= 0.6 is 0 Å². The number of carbonyl (C=O) groups excluding carboxylic acids is 1. The van der Waals surface area contributed by atoms with Crippen LogP contribution in [0.4, 0.5) is 0 Å². The second-order valence-electron chi connectivity index (χ2n) is 8.39. The number of benzene rings is 2. The molecule has 37 heavy (non-hydrogen) atoms. The molecule has 0 fully saturated rings. The van der Waals surface area contributed by atoms with Crippen LogP contribution in [0.25, 0.3) is 33.2 Å². The molecule has 5 aromatic rings. The number of fused-ring (bicyclic) bond motifs is 2. The van der Waals surface area contributed by atoms with Crippen molar-refractivity contribution in [1.29, 1.82) is 0 Å². The topological polar surface area (TPSA) is 127 Å². The molecule has 0 amide bonds. The number of methoxy groups -OCH3 is 1. The van der Waals surface area contributed by atoms with Crippen LogP contribution in [0.2, 0.25) is 0 Å². The third kappa shape index (κ3) is 4.56. The number of aromatic nitrogens is 3. The minimum absolute atomic E-state index is 0. The van der Waals surface area contributed by atoms with Crippen LogP contribution in [-0.2, 0) is 26.1 Å². The molecule has 0 saturated carbocycles. The molecule has 3 heterocycles. The maximum absolute atomic E-state index is 14.0. The summed E-state index contributed by atoms with van der Waals surface area (Å²) in [5.74, 6) is 0.228. The summed E-state index contributed by atoms with van der Waals surface area (Å²) in [6.45, 7) is 3.91. The highest BCUT2D eigenvalue weighted by Crippen LogP contribution is 2.37. The van der Waals surface area contributed by atoms with Crippen molar-refractivity contribution in [3.63, 3.8) is 0 Å². The number of hydrogen-bond acceptors (Lipinski definition) is 7. The fourth-order valence-electron chi connectivity index (χ4n) is 4.34. The Kier molecular flexibility index (Phi) is 7.06. The van der Waals surface area contributed by atoms with Gasteiger partial charge in [-0.2, -0.15) is 0 Å². The van der Waals surface area contributed by atoms with Crippen LogP contribution < -0.4 is 10.9 Å². The standard InChI is InChI=1S/C27H25N3O5S.H3N/c1-4-35-26(31)17-29-16-23(22-15-20(34-3)9-12-24(22)29)25-14-19-6-5-13-28-27(19)30(25)36(32,33)21-10-7-18(2)8-11-21;/h5-16H,4,17H2,1-3H3;1H3. The molecule has 0 unspecified atom stereocenters. The summed E-state index contributed by atoms with van der Waals surface area (Å²) in [5, 5.41) is 1.42. The first-order chi connectivity index (χ1) is 17.3. The van der Waals surface area contributed by atoms with E-state index in [1.165, 1.54) is 3.97 Å². The summed E-state index contributed by atoms with van der Waals surface area (Å²) in [6.07, 6.45) is 3.34. The van der Waals surface area contributed by atoms with Crippen LogP contribution in [0.5, 0.6) is 5.75 Å². The summed E-state index contributed by atoms with van der Waals surface area (Å²) < 4.78 is 41.5. The molecule has 5 rings (SSSR count). The van der Waals surface area contributed by atoms with E-state index in [1.54, 1.807) is 73.5 Å². The number of rotatable bonds is 7. The van der Waals surface area contributed by atoms with Gasteiger partial charge >= 0.3 is 5.97 Å². The Morgan fingerprint density at radius 1 is 1.05 bits per heavy atom. The van der Waals surface area contributed by atoms with E-state index in [1.807, 2.05) is 25.1 Å². The van der Waals surface area contributed by atoms with Crippen molar-refractivity contribution in [2.75, 3.05) is 13.7 Å². The van der Waals surface area contributed by atoms with E-state index in [-0.39, 0.29) is 30.2 Å². The number of aryl methyl sites for hydroxylation is 1. The number of ether oxygens (including phenoxy) is 2. The number of hydrogen-bond donors (Lipinski definition) is 1. The lowest BCUT2D eigenvalue weighted by Crippen LogP contribution is -2.15. The van der Waals surface area contributed by atoms with Gasteiger partial charge in [-0.25, -0.2) is 17.4 Å². The normalized spacial score (nSPS) is 11.4. The van der Waals surface area contributed by atoms with Crippen molar-refractivity contribution in [3.8, 4) is 17.0 Å². The number of esters is 1. The molecule has 0 atom stereocenters. The predicted octanol–water partition coefficient (Wildman–Crippen LogP) is 4.94. The number of pyridine rings is 1. The minimum atomic E-state index is -4.00. The van der Waals surface area contributed by atoms with Gasteiger partial charge in [-0.1, -0.05) is 17.7 Å². The monoisotopic (exact) mass is 520 g/mol. The highest BCUT2D eigenvalue weighted by atomic mass is 32.2. The molecule has 3 N–H and O–H groups in total. The lowest BCUT2D eigenvalue weighted by atomic mass is 10.1. The molecule has 0 aliphatic heterocycles. The first-order valence-corrected chi connectivity index (χ1v) is 12.9. The van der Waals surface area contributed by atoms with Gasteiger partial charge in [0.2, 0.25) is 0 Å². The van der Waals surface area contributed by atoms with E-state index in [0.717, 1.165) is 16.5 Å². The molecule has 0 aliphatic rings. The first-order valence-electron chi connectivity index (χ1n) is 11.4. The maximum Gasteiger partial charge on any atom is 0.325 e. The van der Waals surface area contributed by atoms with E-state index < -0.39 is 10.0 Å². The van der Waals surface area contributed by atoms with Crippen molar-refractivity contribution in [1.82, 2.24) is 19.7 Å². The van der Waals surface area contributed by atoms with E-state index in [0.29, 0.717) is 28.0 Å². The van der Waals surface area contributed by atoms with E-state index in [4.69, 9.17) is 9.47 Å². The summed E-state index contributed by atoms with van der Waals surface area (Å²) in [4.78, 5) is 16.9. The van der Waals surface area contributed by atoms with Crippen molar-refractivity contribution in [3.05, 3.63) is 78.6 Å². The average molecular weight is 521 g/mol. The van der Waals surface area contributed by atoms with E-state index >= 15 is 0 Å². The van der Waals surface area contributed by atoms with Crippen LogP contribution in [-0.4, -0.2) is 41.6 Å². The highest BCUT2D eigenvalue weighted by Gasteiger charge is 2.27. The van der Waals surface area contributed by atoms with Gasteiger partial charge in [0.25, 0.3) is 10.0 Å². The Hall–Kier alpha value is -4.15. The highest BCUT2D eigenvalue weighted by molar-refractivity contribution is 7.90. The zero-order valence-electron chi connectivity index (χ0n) is 20.8. The van der Waals surface area contributed by atoms with Crippen molar-refractivity contribution in [2.45, 2.75) is 25.3 Å². The number of nitrogens with zero attached hydrogens (tertiary/aromatic N) is 3. The molecular weight excluding hydrogens is 492 g/mol. The van der Waals surface area contributed by atoms with Gasteiger partial charge in [-0.15, -0.1) is 0 Å². The van der Waals surface area contributed by atoms with Gasteiger partial charge in [0.15, 0.2) is 5.65 Å². The van der Waals surface area contributed by atoms with Crippen LogP contribution in [0.1, 0.15) is 12.5 Å². The average Bonchev–Trinajstić information content (AvgIpc) is 3.43. The van der Waals surface area contributed by atoms with Gasteiger partial charge in [0, 0.05) is 34.2 Å². The SMILES string of the molecule is CCOC(=O)Cn1cc(-c2cc3cccnc3n2S(=O)(=O)c2ccc(C)cc2)c2cc(OC)ccc21.N. The Labute approximate surface area is 214 Å². The van der Waals surface area contributed by atoms with Gasteiger partial charge in [-0.3, -0.25) is 4.79 Å². The lowest BCUT2D eigenvalue weighted by Gasteiger charge is -2.11.